The molecule has 3 aromatic rings. The number of benzene rings is 1. The van der Waals surface area contributed by atoms with Crippen LogP contribution in [0.3, 0.4) is 0 Å². The van der Waals surface area contributed by atoms with Crippen LogP contribution in [0.1, 0.15) is 31.2 Å². The second-order valence-corrected chi connectivity index (χ2v) is 5.13. The number of fused-ring (bicyclic) bond motifs is 3. The van der Waals surface area contributed by atoms with Crippen LogP contribution in [-0.2, 0) is 7.05 Å². The third kappa shape index (κ3) is 1.58. The number of para-hydroxylation sites is 1. The molecular weight excluding hydrogens is 240 g/mol. The third-order valence-corrected chi connectivity index (χ3v) is 3.45. The topological polar surface area (TPSA) is 52.2 Å². The van der Waals surface area contributed by atoms with E-state index in [4.69, 9.17) is 0 Å². The van der Waals surface area contributed by atoms with Gasteiger partial charge in [-0.25, -0.2) is 9.78 Å². The summed E-state index contributed by atoms with van der Waals surface area (Å²) in [6.07, 6.45) is 0. The Morgan fingerprint density at radius 1 is 1.26 bits per heavy atom. The number of rotatable bonds is 1. The third-order valence-electron chi connectivity index (χ3n) is 3.45. The average molecular weight is 256 g/mol. The van der Waals surface area contributed by atoms with Crippen LogP contribution < -0.4 is 5.69 Å². The minimum absolute atomic E-state index is 0.156. The number of hydrogen-bond donors (Lipinski definition) is 0. The molecule has 98 valence electrons. The molecule has 0 aliphatic heterocycles. The van der Waals surface area contributed by atoms with Gasteiger partial charge in [0.25, 0.3) is 0 Å². The number of aromatic nitrogens is 4. The van der Waals surface area contributed by atoms with Gasteiger partial charge in [-0.15, -0.1) is 5.10 Å². The molecule has 19 heavy (non-hydrogen) atoms. The quantitative estimate of drug-likeness (QED) is 0.669. The maximum absolute atomic E-state index is 12.4. The van der Waals surface area contributed by atoms with Crippen molar-refractivity contribution in [3.63, 3.8) is 0 Å². The fraction of sp³-hybridized carbons (Fsp3) is 0.357. The van der Waals surface area contributed by atoms with E-state index in [1.54, 1.807) is 18.5 Å². The largest absolute Gasteiger partial charge is 0.350 e. The molecule has 0 aliphatic rings. The minimum atomic E-state index is -0.156. The van der Waals surface area contributed by atoms with Crippen LogP contribution in [0.15, 0.2) is 23.0 Å². The van der Waals surface area contributed by atoms with E-state index in [2.05, 4.69) is 30.0 Å². The molecule has 5 nitrogen and oxygen atoms in total. The summed E-state index contributed by atoms with van der Waals surface area (Å²) < 4.78 is 3.04. The first-order chi connectivity index (χ1) is 9.00. The van der Waals surface area contributed by atoms with Gasteiger partial charge in [0.2, 0.25) is 0 Å². The van der Waals surface area contributed by atoms with Crippen molar-refractivity contribution in [2.45, 2.75) is 26.7 Å². The Hall–Kier alpha value is -2.17. The lowest BCUT2D eigenvalue weighted by Gasteiger charge is -2.13. The summed E-state index contributed by atoms with van der Waals surface area (Å²) in [4.78, 5) is 16.7. The van der Waals surface area contributed by atoms with Crippen molar-refractivity contribution in [2.75, 3.05) is 0 Å². The highest BCUT2D eigenvalue weighted by Crippen LogP contribution is 2.25. The van der Waals surface area contributed by atoms with Crippen LogP contribution in [0.2, 0.25) is 0 Å². The molecular formula is C14H16N4O. The van der Waals surface area contributed by atoms with Crippen molar-refractivity contribution in [2.24, 2.45) is 7.05 Å². The molecule has 0 aliphatic carbocycles. The zero-order chi connectivity index (χ0) is 13.7. The summed E-state index contributed by atoms with van der Waals surface area (Å²) in [7, 11) is 1.78. The van der Waals surface area contributed by atoms with Gasteiger partial charge >= 0.3 is 5.69 Å². The van der Waals surface area contributed by atoms with E-state index in [-0.39, 0.29) is 5.69 Å². The van der Waals surface area contributed by atoms with Crippen molar-refractivity contribution >= 4 is 16.6 Å². The number of nitrogens with zero attached hydrogens (tertiary/aromatic N) is 4. The van der Waals surface area contributed by atoms with Crippen LogP contribution in [0.25, 0.3) is 16.6 Å². The molecule has 0 saturated carbocycles. The van der Waals surface area contributed by atoms with Crippen LogP contribution in [0.4, 0.5) is 0 Å². The average Bonchev–Trinajstić information content (AvgIpc) is 2.77. The first-order valence-electron chi connectivity index (χ1n) is 6.35. The second-order valence-electron chi connectivity index (χ2n) is 5.13. The maximum Gasteiger partial charge on any atom is 0.350 e. The van der Waals surface area contributed by atoms with E-state index in [1.807, 2.05) is 12.1 Å². The van der Waals surface area contributed by atoms with Gasteiger partial charge in [0.15, 0.2) is 5.65 Å². The summed E-state index contributed by atoms with van der Waals surface area (Å²) in [6, 6.07) is 6.06. The molecule has 2 aromatic heterocycles. The van der Waals surface area contributed by atoms with Crippen molar-refractivity contribution in [3.05, 3.63) is 40.1 Å². The Kier molecular flexibility index (Phi) is 2.45. The smallest absolute Gasteiger partial charge is 0.295 e. The summed E-state index contributed by atoms with van der Waals surface area (Å²) in [5, 5.41) is 5.14. The normalized spacial score (nSPS) is 11.8. The predicted molar refractivity (Wildman–Crippen MR) is 74.6 cm³/mol. The van der Waals surface area contributed by atoms with Crippen LogP contribution in [0, 0.1) is 6.92 Å². The van der Waals surface area contributed by atoms with Crippen molar-refractivity contribution in [1.29, 1.82) is 0 Å². The molecule has 0 amide bonds. The van der Waals surface area contributed by atoms with Crippen LogP contribution in [0.5, 0.6) is 0 Å². The number of aryl methyl sites for hydroxylation is 2. The van der Waals surface area contributed by atoms with Crippen LogP contribution in [-0.4, -0.2) is 19.2 Å². The Labute approximate surface area is 110 Å². The molecule has 5 heteroatoms. The van der Waals surface area contributed by atoms with Crippen LogP contribution >= 0.6 is 0 Å². The molecule has 0 radical (unpaired) electrons. The fourth-order valence-corrected chi connectivity index (χ4v) is 2.54. The van der Waals surface area contributed by atoms with Gasteiger partial charge in [0.05, 0.1) is 5.52 Å². The van der Waals surface area contributed by atoms with Gasteiger partial charge in [-0.2, -0.15) is 4.52 Å². The van der Waals surface area contributed by atoms with E-state index in [0.29, 0.717) is 17.4 Å². The lowest BCUT2D eigenvalue weighted by Crippen LogP contribution is -2.26. The lowest BCUT2D eigenvalue weighted by atomic mass is 10.00. The molecule has 0 unspecified atom stereocenters. The fourth-order valence-electron chi connectivity index (χ4n) is 2.54. The molecule has 0 saturated heterocycles. The molecule has 0 bridgehead atoms. The monoisotopic (exact) mass is 256 g/mol. The standard InChI is InChI=1S/C14H16N4O/c1-8(2)10-6-5-7-11-12(10)17(4)14(19)18-13(11)15-9(3)16-18/h5-8H,1-4H3. The molecule has 1 aromatic carbocycles. The zero-order valence-electron chi connectivity index (χ0n) is 11.5. The molecule has 2 heterocycles. The van der Waals surface area contributed by atoms with Gasteiger partial charge in [-0.1, -0.05) is 26.0 Å². The van der Waals surface area contributed by atoms with E-state index < -0.39 is 0 Å². The Morgan fingerprint density at radius 3 is 2.68 bits per heavy atom. The van der Waals surface area contributed by atoms with Gasteiger partial charge in [-0.05, 0) is 24.5 Å². The summed E-state index contributed by atoms with van der Waals surface area (Å²) in [6.45, 7) is 6.04. The molecule has 0 N–H and O–H groups in total. The molecule has 3 rings (SSSR count). The highest BCUT2D eigenvalue weighted by atomic mass is 16.1. The Morgan fingerprint density at radius 2 is 2.00 bits per heavy atom. The first kappa shape index (κ1) is 11.9. The Balaban J connectivity index is 2.65. The predicted octanol–water partition coefficient (Wildman–Crippen LogP) is 2.01. The highest BCUT2D eigenvalue weighted by molar-refractivity contribution is 5.93. The van der Waals surface area contributed by atoms with Gasteiger partial charge in [0, 0.05) is 12.4 Å². The van der Waals surface area contributed by atoms with E-state index >= 15 is 0 Å². The maximum atomic E-state index is 12.4. The number of hydrogen-bond acceptors (Lipinski definition) is 3. The summed E-state index contributed by atoms with van der Waals surface area (Å²) >= 11 is 0. The van der Waals surface area contributed by atoms with Crippen molar-refractivity contribution in [1.82, 2.24) is 19.2 Å². The van der Waals surface area contributed by atoms with E-state index in [1.165, 1.54) is 4.52 Å². The molecule has 0 spiro atoms. The zero-order valence-corrected chi connectivity index (χ0v) is 11.5. The van der Waals surface area contributed by atoms with Gasteiger partial charge in [0.1, 0.15) is 5.82 Å². The summed E-state index contributed by atoms with van der Waals surface area (Å²) in [5.74, 6) is 0.959. The lowest BCUT2D eigenvalue weighted by molar-refractivity contribution is 0.756. The van der Waals surface area contributed by atoms with Crippen molar-refractivity contribution in [3.8, 4) is 0 Å². The Bertz CT molecular complexity index is 842. The SMILES string of the molecule is Cc1nc2c3cccc(C(C)C)c3n(C)c(=O)n2n1. The van der Waals surface area contributed by atoms with E-state index in [9.17, 15) is 4.79 Å². The minimum Gasteiger partial charge on any atom is -0.295 e. The van der Waals surface area contributed by atoms with Crippen molar-refractivity contribution < 1.29 is 0 Å². The molecule has 0 atom stereocenters. The first-order valence-corrected chi connectivity index (χ1v) is 6.35. The van der Waals surface area contributed by atoms with Gasteiger partial charge < -0.3 is 0 Å². The molecule has 0 fully saturated rings. The second kappa shape index (κ2) is 3.91. The van der Waals surface area contributed by atoms with E-state index in [0.717, 1.165) is 16.5 Å². The highest BCUT2D eigenvalue weighted by Gasteiger charge is 2.15. The van der Waals surface area contributed by atoms with Gasteiger partial charge in [-0.3, -0.25) is 4.57 Å². The summed E-state index contributed by atoms with van der Waals surface area (Å²) in [5.41, 5.74) is 2.58.